The molecule has 0 saturated carbocycles. The van der Waals surface area contributed by atoms with Crippen molar-refractivity contribution in [1.29, 1.82) is 0 Å². The number of halogens is 1. The van der Waals surface area contributed by atoms with Crippen LogP contribution in [0.15, 0.2) is 60.9 Å². The summed E-state index contributed by atoms with van der Waals surface area (Å²) in [5.41, 5.74) is 4.47. The van der Waals surface area contributed by atoms with E-state index in [4.69, 9.17) is 9.47 Å². The van der Waals surface area contributed by atoms with Gasteiger partial charge < -0.3 is 14.6 Å². The normalized spacial score (nSPS) is 10.9. The molecule has 152 valence electrons. The van der Waals surface area contributed by atoms with Crippen LogP contribution in [0.3, 0.4) is 0 Å². The van der Waals surface area contributed by atoms with Crippen LogP contribution in [0.5, 0.6) is 11.5 Å². The zero-order chi connectivity index (χ0) is 21.3. The van der Waals surface area contributed by atoms with Gasteiger partial charge in [0.05, 0.1) is 14.2 Å². The lowest BCUT2D eigenvalue weighted by Crippen LogP contribution is -2.01. The summed E-state index contributed by atoms with van der Waals surface area (Å²) in [4.78, 5) is 16.6. The molecule has 30 heavy (non-hydrogen) atoms. The SMILES string of the molecule is COC(=O)c1cc(-c2cnc3c(c2)c(-c2ccccc2OC)cn3SI)ccc1O. The van der Waals surface area contributed by atoms with Gasteiger partial charge in [-0.15, -0.1) is 0 Å². The topological polar surface area (TPSA) is 73.6 Å². The summed E-state index contributed by atoms with van der Waals surface area (Å²) in [5, 5.41) is 11.0. The largest absolute Gasteiger partial charge is 0.507 e. The Bertz CT molecular complexity index is 1260. The first-order valence-electron chi connectivity index (χ1n) is 8.92. The van der Waals surface area contributed by atoms with Crippen molar-refractivity contribution in [2.45, 2.75) is 0 Å². The summed E-state index contributed by atoms with van der Waals surface area (Å²) < 4.78 is 12.3. The second-order valence-corrected chi connectivity index (χ2v) is 8.17. The zero-order valence-electron chi connectivity index (χ0n) is 16.1. The Morgan fingerprint density at radius 2 is 1.90 bits per heavy atom. The third-order valence-electron chi connectivity index (χ3n) is 4.82. The van der Waals surface area contributed by atoms with Gasteiger partial charge >= 0.3 is 5.97 Å². The lowest BCUT2D eigenvalue weighted by atomic mass is 10.00. The van der Waals surface area contributed by atoms with E-state index in [0.717, 1.165) is 39.0 Å². The average molecular weight is 532 g/mol. The fraction of sp³-hybridized carbons (Fsp3) is 0.0909. The van der Waals surface area contributed by atoms with Crippen LogP contribution in [0.2, 0.25) is 0 Å². The number of carbonyl (C=O) groups excluding carboxylic acids is 1. The van der Waals surface area contributed by atoms with Gasteiger partial charge in [-0.1, -0.05) is 24.3 Å². The van der Waals surface area contributed by atoms with E-state index in [1.54, 1.807) is 25.4 Å². The minimum atomic E-state index is -0.592. The molecule has 8 heteroatoms. The van der Waals surface area contributed by atoms with E-state index in [1.807, 2.05) is 40.5 Å². The van der Waals surface area contributed by atoms with Gasteiger partial charge in [0.2, 0.25) is 0 Å². The Hall–Kier alpha value is -2.72. The predicted molar refractivity (Wildman–Crippen MR) is 127 cm³/mol. The maximum absolute atomic E-state index is 12.0. The molecule has 2 aromatic carbocycles. The Labute approximate surface area is 189 Å². The molecule has 4 rings (SSSR count). The number of esters is 1. The molecule has 0 amide bonds. The number of pyridine rings is 1. The van der Waals surface area contributed by atoms with Crippen molar-refractivity contribution in [3.05, 3.63) is 66.5 Å². The minimum absolute atomic E-state index is 0.112. The van der Waals surface area contributed by atoms with E-state index in [2.05, 4.69) is 26.2 Å². The van der Waals surface area contributed by atoms with Gasteiger partial charge in [-0.2, -0.15) is 0 Å². The molecule has 2 aromatic heterocycles. The van der Waals surface area contributed by atoms with E-state index in [0.29, 0.717) is 0 Å². The molecule has 0 bridgehead atoms. The Balaban J connectivity index is 1.92. The molecule has 0 radical (unpaired) electrons. The number of phenolic OH excluding ortho intramolecular Hbond substituents is 1. The number of hydrogen-bond acceptors (Lipinski definition) is 6. The highest BCUT2D eigenvalue weighted by Crippen LogP contribution is 2.39. The summed E-state index contributed by atoms with van der Waals surface area (Å²) in [5.74, 6) is 0.0606. The number of aromatic hydroxyl groups is 1. The number of aromatic nitrogens is 2. The Kier molecular flexibility index (Phi) is 5.87. The molecule has 0 aliphatic rings. The fourth-order valence-corrected chi connectivity index (χ4v) is 4.62. The molecule has 0 aliphatic carbocycles. The highest BCUT2D eigenvalue weighted by Gasteiger charge is 2.17. The van der Waals surface area contributed by atoms with Crippen LogP contribution in [0.25, 0.3) is 33.3 Å². The van der Waals surface area contributed by atoms with Crippen LogP contribution in [0.1, 0.15) is 10.4 Å². The number of ether oxygens (including phenoxy) is 2. The summed E-state index contributed by atoms with van der Waals surface area (Å²) in [6.07, 6.45) is 3.79. The highest BCUT2D eigenvalue weighted by atomic mass is 127. The first-order chi connectivity index (χ1) is 14.6. The van der Waals surface area contributed by atoms with Gasteiger partial charge in [-0.3, -0.25) is 3.97 Å². The number of rotatable bonds is 5. The summed E-state index contributed by atoms with van der Waals surface area (Å²) in [6, 6.07) is 14.7. The second kappa shape index (κ2) is 8.57. The number of hydrogen-bond donors (Lipinski definition) is 1. The van der Waals surface area contributed by atoms with Gasteiger partial charge in [-0.25, -0.2) is 9.78 Å². The van der Waals surface area contributed by atoms with Crippen LogP contribution < -0.4 is 4.74 Å². The monoisotopic (exact) mass is 532 g/mol. The average Bonchev–Trinajstić information content (AvgIpc) is 3.16. The van der Waals surface area contributed by atoms with Crippen molar-refractivity contribution in [3.8, 4) is 33.8 Å². The van der Waals surface area contributed by atoms with Gasteiger partial charge in [-0.05, 0) is 29.8 Å². The number of fused-ring (bicyclic) bond motifs is 1. The zero-order valence-corrected chi connectivity index (χ0v) is 19.1. The van der Waals surface area contributed by atoms with Crippen LogP contribution in [0.4, 0.5) is 0 Å². The molecule has 6 nitrogen and oxygen atoms in total. The van der Waals surface area contributed by atoms with E-state index in [1.165, 1.54) is 22.3 Å². The number of phenols is 1. The van der Waals surface area contributed by atoms with Crippen molar-refractivity contribution < 1.29 is 19.4 Å². The summed E-state index contributed by atoms with van der Waals surface area (Å²) >= 11 is 2.22. The first kappa shape index (κ1) is 20.5. The lowest BCUT2D eigenvalue weighted by Gasteiger charge is -2.09. The van der Waals surface area contributed by atoms with Gasteiger partial charge in [0.1, 0.15) is 17.1 Å². The summed E-state index contributed by atoms with van der Waals surface area (Å²) in [7, 11) is 4.47. The smallest absolute Gasteiger partial charge is 0.341 e. The molecular formula is C22H17IN2O4S. The Morgan fingerprint density at radius 1 is 1.10 bits per heavy atom. The number of nitrogens with zero attached hydrogens (tertiary/aromatic N) is 2. The predicted octanol–water partition coefficient (Wildman–Crippen LogP) is 5.72. The van der Waals surface area contributed by atoms with Crippen LogP contribution in [-0.4, -0.2) is 34.3 Å². The molecule has 4 aromatic rings. The van der Waals surface area contributed by atoms with Crippen LogP contribution in [-0.2, 0) is 4.74 Å². The Morgan fingerprint density at radius 3 is 2.63 bits per heavy atom. The van der Waals surface area contributed by atoms with Gasteiger partial charge in [0, 0.05) is 64.8 Å². The van der Waals surface area contributed by atoms with Crippen LogP contribution in [0, 0.1) is 0 Å². The molecule has 0 fully saturated rings. The molecule has 0 saturated heterocycles. The van der Waals surface area contributed by atoms with Crippen molar-refractivity contribution in [2.24, 2.45) is 0 Å². The standard InChI is InChI=1S/C22H17IN2O4S/c1-28-20-6-4-3-5-15(20)18-12-25(30-23)21-16(18)10-14(11-24-21)13-7-8-19(26)17(9-13)22(27)29-2/h3-12,26H,1-2H3. The number of methoxy groups -OCH3 is 2. The van der Waals surface area contributed by atoms with Crippen molar-refractivity contribution >= 4 is 47.3 Å². The van der Waals surface area contributed by atoms with Gasteiger partial charge in [0.25, 0.3) is 0 Å². The molecule has 1 N–H and O–H groups in total. The van der Waals surface area contributed by atoms with Crippen LogP contribution >= 0.6 is 30.3 Å². The highest BCUT2D eigenvalue weighted by molar-refractivity contribution is 14.2. The van der Waals surface area contributed by atoms with E-state index in [-0.39, 0.29) is 11.3 Å². The quantitative estimate of drug-likeness (QED) is 0.262. The first-order valence-corrected chi connectivity index (χ1v) is 12.2. The number of para-hydroxylation sites is 1. The van der Waals surface area contributed by atoms with E-state index >= 15 is 0 Å². The second-order valence-electron chi connectivity index (χ2n) is 6.46. The van der Waals surface area contributed by atoms with Crippen molar-refractivity contribution in [1.82, 2.24) is 8.96 Å². The van der Waals surface area contributed by atoms with Crippen molar-refractivity contribution in [2.75, 3.05) is 14.2 Å². The minimum Gasteiger partial charge on any atom is -0.507 e. The molecule has 0 unspecified atom stereocenters. The lowest BCUT2D eigenvalue weighted by molar-refractivity contribution is 0.0597. The van der Waals surface area contributed by atoms with Gasteiger partial charge in [0.15, 0.2) is 5.65 Å². The molecular weight excluding hydrogens is 515 g/mol. The number of carbonyl (C=O) groups is 1. The maximum Gasteiger partial charge on any atom is 0.341 e. The molecule has 2 heterocycles. The fourth-order valence-electron chi connectivity index (χ4n) is 3.36. The number of benzene rings is 2. The van der Waals surface area contributed by atoms with Crippen molar-refractivity contribution in [3.63, 3.8) is 0 Å². The van der Waals surface area contributed by atoms with E-state index in [9.17, 15) is 9.90 Å². The molecule has 0 aliphatic heterocycles. The molecule has 0 spiro atoms. The maximum atomic E-state index is 12.0. The summed E-state index contributed by atoms with van der Waals surface area (Å²) in [6.45, 7) is 0. The van der Waals surface area contributed by atoms with E-state index < -0.39 is 5.97 Å². The third-order valence-corrected chi connectivity index (χ3v) is 6.52. The molecule has 0 atom stereocenters. The third kappa shape index (κ3) is 3.61.